The number of hydrogen-bond acceptors (Lipinski definition) is 1. The number of allylic oxidation sites excluding steroid dienone is 2. The number of hydrogen-bond donors (Lipinski definition) is 0. The lowest BCUT2D eigenvalue weighted by Crippen LogP contribution is -2.28. The number of unbranched alkanes of at least 4 members (excludes halogenated alkanes) is 1. The topological polar surface area (TPSA) is 3.24 Å². The molecule has 0 bridgehead atoms. The van der Waals surface area contributed by atoms with Crippen molar-refractivity contribution in [3.05, 3.63) is 11.8 Å². The molecular formula is C21H41N. The lowest BCUT2D eigenvalue weighted by molar-refractivity contribution is 0.281. The Balaban J connectivity index is 2.64. The van der Waals surface area contributed by atoms with E-state index in [2.05, 4.69) is 59.4 Å². The molecule has 0 saturated heterocycles. The van der Waals surface area contributed by atoms with Crippen LogP contribution in [-0.2, 0) is 0 Å². The van der Waals surface area contributed by atoms with Crippen molar-refractivity contribution < 1.29 is 0 Å². The Labute approximate surface area is 140 Å². The molecular weight excluding hydrogens is 266 g/mol. The van der Waals surface area contributed by atoms with Gasteiger partial charge < -0.3 is 4.90 Å². The van der Waals surface area contributed by atoms with Crippen molar-refractivity contribution >= 4 is 0 Å². The molecule has 0 spiro atoms. The van der Waals surface area contributed by atoms with Crippen LogP contribution in [0.15, 0.2) is 11.8 Å². The average molecular weight is 308 g/mol. The minimum atomic E-state index is 0.799. The standard InChI is InChI=1S/C21H41N/c1-8-11-12-17(6)15-20-19(10-3)21(20)22(18(7)9-2)14-13-16(4)5/h9,16-17,19-21H,8,10-15H2,1-7H3. The predicted octanol–water partition coefficient (Wildman–Crippen LogP) is 6.50. The second kappa shape index (κ2) is 9.63. The van der Waals surface area contributed by atoms with Crippen molar-refractivity contribution in [3.63, 3.8) is 0 Å². The van der Waals surface area contributed by atoms with Crippen molar-refractivity contribution in [2.24, 2.45) is 23.7 Å². The van der Waals surface area contributed by atoms with Crippen molar-refractivity contribution in [2.45, 2.75) is 93.0 Å². The molecule has 0 aromatic rings. The summed E-state index contributed by atoms with van der Waals surface area (Å²) in [6, 6.07) is 0.823. The molecule has 1 heteroatoms. The van der Waals surface area contributed by atoms with Gasteiger partial charge in [0.2, 0.25) is 0 Å². The van der Waals surface area contributed by atoms with E-state index >= 15 is 0 Å². The van der Waals surface area contributed by atoms with Crippen molar-refractivity contribution in [3.8, 4) is 0 Å². The highest BCUT2D eigenvalue weighted by Crippen LogP contribution is 2.50. The monoisotopic (exact) mass is 307 g/mol. The number of rotatable bonds is 11. The van der Waals surface area contributed by atoms with E-state index in [1.54, 1.807) is 0 Å². The Morgan fingerprint density at radius 3 is 2.27 bits per heavy atom. The Morgan fingerprint density at radius 1 is 1.09 bits per heavy atom. The molecule has 1 rings (SSSR count). The second-order valence-corrected chi connectivity index (χ2v) is 8.02. The van der Waals surface area contributed by atoms with E-state index < -0.39 is 0 Å². The summed E-state index contributed by atoms with van der Waals surface area (Å²) in [6.45, 7) is 17.6. The van der Waals surface area contributed by atoms with Crippen molar-refractivity contribution in [1.29, 1.82) is 0 Å². The quantitative estimate of drug-likeness (QED) is 0.421. The average Bonchev–Trinajstić information content (AvgIpc) is 3.16. The molecule has 1 nitrogen and oxygen atoms in total. The van der Waals surface area contributed by atoms with E-state index in [0.717, 1.165) is 29.7 Å². The second-order valence-electron chi connectivity index (χ2n) is 8.02. The normalized spacial score (nSPS) is 26.4. The Morgan fingerprint density at radius 2 is 1.77 bits per heavy atom. The third-order valence-electron chi connectivity index (χ3n) is 5.66. The van der Waals surface area contributed by atoms with Gasteiger partial charge in [-0.05, 0) is 50.4 Å². The van der Waals surface area contributed by atoms with Crippen LogP contribution in [0.5, 0.6) is 0 Å². The largest absolute Gasteiger partial charge is 0.372 e. The maximum atomic E-state index is 2.74. The van der Waals surface area contributed by atoms with Crippen LogP contribution in [0.3, 0.4) is 0 Å². The highest BCUT2D eigenvalue weighted by Gasteiger charge is 2.51. The van der Waals surface area contributed by atoms with Crippen molar-refractivity contribution in [2.75, 3.05) is 6.54 Å². The molecule has 0 N–H and O–H groups in total. The molecule has 22 heavy (non-hydrogen) atoms. The predicted molar refractivity (Wildman–Crippen MR) is 100.0 cm³/mol. The van der Waals surface area contributed by atoms with E-state index in [-0.39, 0.29) is 0 Å². The van der Waals surface area contributed by atoms with Gasteiger partial charge in [-0.25, -0.2) is 0 Å². The molecule has 0 aliphatic heterocycles. The molecule has 4 unspecified atom stereocenters. The Bertz CT molecular complexity index is 331. The van der Waals surface area contributed by atoms with Gasteiger partial charge in [-0.3, -0.25) is 0 Å². The van der Waals surface area contributed by atoms with Gasteiger partial charge in [0.15, 0.2) is 0 Å². The molecule has 0 heterocycles. The minimum absolute atomic E-state index is 0.799. The first-order valence-electron chi connectivity index (χ1n) is 9.85. The summed E-state index contributed by atoms with van der Waals surface area (Å²) in [4.78, 5) is 2.74. The summed E-state index contributed by atoms with van der Waals surface area (Å²) >= 11 is 0. The zero-order valence-corrected chi connectivity index (χ0v) is 16.4. The summed E-state index contributed by atoms with van der Waals surface area (Å²) < 4.78 is 0. The minimum Gasteiger partial charge on any atom is -0.372 e. The molecule has 0 aromatic carbocycles. The molecule has 1 saturated carbocycles. The number of nitrogens with zero attached hydrogens (tertiary/aromatic N) is 1. The third-order valence-corrected chi connectivity index (χ3v) is 5.66. The van der Waals surface area contributed by atoms with Gasteiger partial charge in [-0.2, -0.15) is 0 Å². The maximum Gasteiger partial charge on any atom is 0.0349 e. The van der Waals surface area contributed by atoms with Crippen LogP contribution >= 0.6 is 0 Å². The molecule has 0 radical (unpaired) electrons. The van der Waals surface area contributed by atoms with E-state index in [0.29, 0.717) is 0 Å². The first-order chi connectivity index (χ1) is 10.5. The molecule has 0 aromatic heterocycles. The fraction of sp³-hybridized carbons (Fsp3) is 0.905. The van der Waals surface area contributed by atoms with Crippen LogP contribution < -0.4 is 0 Å². The Hall–Kier alpha value is -0.460. The van der Waals surface area contributed by atoms with Crippen LogP contribution in [0, 0.1) is 23.7 Å². The van der Waals surface area contributed by atoms with E-state index in [1.807, 2.05) is 0 Å². The maximum absolute atomic E-state index is 2.74. The van der Waals surface area contributed by atoms with Crippen molar-refractivity contribution in [1.82, 2.24) is 4.90 Å². The van der Waals surface area contributed by atoms with Crippen LogP contribution in [0.25, 0.3) is 0 Å². The molecule has 1 aliphatic rings. The van der Waals surface area contributed by atoms with Gasteiger partial charge >= 0.3 is 0 Å². The fourth-order valence-corrected chi connectivity index (χ4v) is 4.00. The first kappa shape index (κ1) is 19.6. The van der Waals surface area contributed by atoms with Crippen LogP contribution in [0.2, 0.25) is 0 Å². The molecule has 1 fully saturated rings. The zero-order valence-electron chi connectivity index (χ0n) is 16.4. The van der Waals surface area contributed by atoms with Gasteiger partial charge in [0.1, 0.15) is 0 Å². The highest BCUT2D eigenvalue weighted by molar-refractivity contribution is 5.11. The highest BCUT2D eigenvalue weighted by atomic mass is 15.2. The van der Waals surface area contributed by atoms with Gasteiger partial charge in [0.25, 0.3) is 0 Å². The summed E-state index contributed by atoms with van der Waals surface area (Å²) in [5.41, 5.74) is 1.49. The SMILES string of the molecule is CC=C(C)N(CCC(C)C)C1C(CC)C1CC(C)CCCC. The summed E-state index contributed by atoms with van der Waals surface area (Å²) in [5.74, 6) is 3.58. The molecule has 4 atom stereocenters. The smallest absolute Gasteiger partial charge is 0.0349 e. The van der Waals surface area contributed by atoms with Crippen LogP contribution in [-0.4, -0.2) is 17.5 Å². The van der Waals surface area contributed by atoms with E-state index in [9.17, 15) is 0 Å². The van der Waals surface area contributed by atoms with Gasteiger partial charge in [0, 0.05) is 18.3 Å². The van der Waals surface area contributed by atoms with E-state index in [1.165, 1.54) is 50.8 Å². The van der Waals surface area contributed by atoms with Gasteiger partial charge in [0.05, 0.1) is 0 Å². The third kappa shape index (κ3) is 5.63. The van der Waals surface area contributed by atoms with Gasteiger partial charge in [-0.1, -0.05) is 66.4 Å². The van der Waals surface area contributed by atoms with E-state index in [4.69, 9.17) is 0 Å². The lowest BCUT2D eigenvalue weighted by Gasteiger charge is -2.28. The molecule has 0 amide bonds. The fourth-order valence-electron chi connectivity index (χ4n) is 4.00. The van der Waals surface area contributed by atoms with Crippen LogP contribution in [0.4, 0.5) is 0 Å². The van der Waals surface area contributed by atoms with Crippen LogP contribution in [0.1, 0.15) is 87.0 Å². The molecule has 1 aliphatic carbocycles. The summed E-state index contributed by atoms with van der Waals surface area (Å²) in [7, 11) is 0. The Kier molecular flexibility index (Phi) is 8.57. The molecule has 130 valence electrons. The lowest BCUT2D eigenvalue weighted by atomic mass is 9.97. The summed E-state index contributed by atoms with van der Waals surface area (Å²) in [6.07, 6.45) is 10.6. The zero-order chi connectivity index (χ0) is 16.7. The van der Waals surface area contributed by atoms with Gasteiger partial charge in [-0.15, -0.1) is 0 Å². The summed E-state index contributed by atoms with van der Waals surface area (Å²) in [5, 5.41) is 0. The first-order valence-corrected chi connectivity index (χ1v) is 9.85.